The lowest BCUT2D eigenvalue weighted by atomic mass is 10.1. The first-order valence-corrected chi connectivity index (χ1v) is 14.2. The van der Waals surface area contributed by atoms with Crippen molar-refractivity contribution in [1.29, 1.82) is 0 Å². The van der Waals surface area contributed by atoms with Crippen molar-refractivity contribution in [2.75, 3.05) is 23.6 Å². The molecule has 0 radical (unpaired) electrons. The third kappa shape index (κ3) is 5.55. The number of allylic oxidation sites excluding steroid dienone is 1. The van der Waals surface area contributed by atoms with Gasteiger partial charge in [-0.25, -0.2) is 4.79 Å². The summed E-state index contributed by atoms with van der Waals surface area (Å²) in [6, 6.07) is 13.7. The Bertz CT molecular complexity index is 1470. The minimum absolute atomic E-state index is 0.0347. The number of aliphatic imine (C=N–C) groups is 1. The van der Waals surface area contributed by atoms with E-state index < -0.39 is 13.5 Å². The molecule has 0 saturated carbocycles. The van der Waals surface area contributed by atoms with E-state index in [1.807, 2.05) is 0 Å². The van der Waals surface area contributed by atoms with E-state index in [-0.39, 0.29) is 23.1 Å². The van der Waals surface area contributed by atoms with Gasteiger partial charge in [0.25, 0.3) is 5.91 Å². The molecule has 37 heavy (non-hydrogen) atoms. The van der Waals surface area contributed by atoms with E-state index in [4.69, 9.17) is 16.1 Å². The van der Waals surface area contributed by atoms with Crippen LogP contribution in [0.25, 0.3) is 10.4 Å². The summed E-state index contributed by atoms with van der Waals surface area (Å²) in [5, 5.41) is 13.7. The maximum Gasteiger partial charge on any atom is 0.348 e. The molecule has 1 atom stereocenters. The fraction of sp³-hybridized carbons (Fsp3) is 0.192. The van der Waals surface area contributed by atoms with Crippen LogP contribution >= 0.6 is 30.5 Å². The summed E-state index contributed by atoms with van der Waals surface area (Å²) < 4.78 is 21.5. The number of nitrogens with zero attached hydrogens (tertiary/aromatic N) is 2. The van der Waals surface area contributed by atoms with Crippen molar-refractivity contribution in [2.45, 2.75) is 20.3 Å². The van der Waals surface area contributed by atoms with Crippen molar-refractivity contribution in [3.63, 3.8) is 0 Å². The number of halogens is 1. The van der Waals surface area contributed by atoms with Crippen molar-refractivity contribution in [3.8, 4) is 10.4 Å². The number of nitrogens with one attached hydrogen (secondary N) is 1. The van der Waals surface area contributed by atoms with Crippen LogP contribution in [-0.4, -0.2) is 36.9 Å². The summed E-state index contributed by atoms with van der Waals surface area (Å²) in [5.41, 5.74) is 2.67. The van der Waals surface area contributed by atoms with Gasteiger partial charge in [-0.1, -0.05) is 23.7 Å². The smallest absolute Gasteiger partial charge is 0.348 e. The van der Waals surface area contributed by atoms with Gasteiger partial charge in [0.1, 0.15) is 10.6 Å². The highest BCUT2D eigenvalue weighted by molar-refractivity contribution is 7.68. The van der Waals surface area contributed by atoms with Gasteiger partial charge >= 0.3 is 13.5 Å². The number of carboxylic acid groups (broad SMARTS) is 1. The van der Waals surface area contributed by atoms with Crippen LogP contribution in [0.2, 0.25) is 5.02 Å². The van der Waals surface area contributed by atoms with Crippen molar-refractivity contribution in [3.05, 3.63) is 75.8 Å². The number of hydrogen-bond donors (Lipinski definition) is 2. The van der Waals surface area contributed by atoms with Gasteiger partial charge in [0, 0.05) is 35.3 Å². The maximum atomic E-state index is 14.2. The first-order valence-electron chi connectivity index (χ1n) is 11.4. The van der Waals surface area contributed by atoms with Crippen LogP contribution in [0.15, 0.2) is 65.3 Å². The lowest BCUT2D eigenvalue weighted by Crippen LogP contribution is -2.26. The number of aromatic carboxylic acids is 1. The molecule has 3 aromatic rings. The molecule has 2 aromatic carbocycles. The van der Waals surface area contributed by atoms with Gasteiger partial charge in [0.05, 0.1) is 17.6 Å². The molecular formula is C26H25ClN3O5PS. The molecule has 0 fully saturated rings. The minimum Gasteiger partial charge on any atom is -0.477 e. The molecule has 0 aliphatic carbocycles. The quantitative estimate of drug-likeness (QED) is 0.296. The number of rotatable bonds is 9. The SMILES string of the molecule is CCOP(=O)(c1ccc(Cl)cc1C)N(C)c1cc(-c2ccc(NC(=O)C3=CCC=N3)cc2)sc1C(=O)O. The zero-order valence-electron chi connectivity index (χ0n) is 20.4. The number of amides is 1. The molecule has 1 aromatic heterocycles. The summed E-state index contributed by atoms with van der Waals surface area (Å²) >= 11 is 7.17. The topological polar surface area (TPSA) is 108 Å². The molecule has 8 nitrogen and oxygen atoms in total. The van der Waals surface area contributed by atoms with Gasteiger partial charge < -0.3 is 14.9 Å². The predicted molar refractivity (Wildman–Crippen MR) is 150 cm³/mol. The van der Waals surface area contributed by atoms with Gasteiger partial charge in [-0.05, 0) is 67.4 Å². The molecule has 1 aliphatic heterocycles. The third-order valence-corrected chi connectivity index (χ3v) is 9.85. The normalized spacial score (nSPS) is 14.2. The first kappa shape index (κ1) is 26.8. The Hall–Kier alpha value is -3.23. The molecule has 2 heterocycles. The summed E-state index contributed by atoms with van der Waals surface area (Å²) in [4.78, 5) is 29.2. The number of hydrogen-bond acceptors (Lipinski definition) is 6. The fourth-order valence-electron chi connectivity index (χ4n) is 3.92. The molecule has 0 spiro atoms. The van der Waals surface area contributed by atoms with Gasteiger partial charge in [-0.3, -0.25) is 19.0 Å². The molecule has 4 rings (SSSR count). The molecular weight excluding hydrogens is 533 g/mol. The summed E-state index contributed by atoms with van der Waals surface area (Å²) in [6.45, 7) is 3.69. The molecule has 11 heteroatoms. The summed E-state index contributed by atoms with van der Waals surface area (Å²) in [5.74, 6) is -1.43. The Morgan fingerprint density at radius 3 is 2.54 bits per heavy atom. The lowest BCUT2D eigenvalue weighted by molar-refractivity contribution is -0.112. The van der Waals surface area contributed by atoms with Crippen LogP contribution in [0.4, 0.5) is 11.4 Å². The van der Waals surface area contributed by atoms with Gasteiger partial charge in [0.2, 0.25) is 0 Å². The Morgan fingerprint density at radius 2 is 1.95 bits per heavy atom. The Balaban J connectivity index is 1.67. The number of benzene rings is 2. The van der Waals surface area contributed by atoms with Crippen LogP contribution in [0, 0.1) is 6.92 Å². The first-order chi connectivity index (χ1) is 17.6. The van der Waals surface area contributed by atoms with Gasteiger partial charge in [-0.2, -0.15) is 0 Å². The number of carboxylic acids is 1. The molecule has 0 bridgehead atoms. The van der Waals surface area contributed by atoms with Crippen molar-refractivity contribution >= 4 is 65.2 Å². The highest BCUT2D eigenvalue weighted by atomic mass is 35.5. The van der Waals surface area contributed by atoms with E-state index in [1.54, 1.807) is 81.7 Å². The van der Waals surface area contributed by atoms with E-state index in [2.05, 4.69) is 10.3 Å². The number of aryl methyl sites for hydroxylation is 1. The highest BCUT2D eigenvalue weighted by Gasteiger charge is 2.36. The maximum absolute atomic E-state index is 14.2. The number of thiophene rings is 1. The van der Waals surface area contributed by atoms with E-state index in [0.717, 1.165) is 16.9 Å². The monoisotopic (exact) mass is 557 g/mol. The van der Waals surface area contributed by atoms with Crippen LogP contribution in [0.1, 0.15) is 28.6 Å². The van der Waals surface area contributed by atoms with Crippen LogP contribution < -0.4 is 15.3 Å². The zero-order valence-corrected chi connectivity index (χ0v) is 22.9. The standard InChI is InChI=1S/C26H25ClN3O5PS/c1-4-35-36(34,22-12-9-18(27)14-16(22)2)30(3)21-15-23(37-24(21)26(32)33)17-7-10-19(11-8-17)29-25(31)20-6-5-13-28-20/h6-15H,4-5H2,1-3H3,(H,29,31)(H,32,33). The fourth-order valence-corrected chi connectivity index (χ4v) is 7.45. The second kappa shape index (κ2) is 11.0. The Morgan fingerprint density at radius 1 is 1.22 bits per heavy atom. The second-order valence-corrected chi connectivity index (χ2v) is 12.1. The zero-order chi connectivity index (χ0) is 26.7. The van der Waals surface area contributed by atoms with E-state index in [9.17, 15) is 19.3 Å². The Kier molecular flexibility index (Phi) is 7.99. The average Bonchev–Trinajstić information content (AvgIpc) is 3.55. The van der Waals surface area contributed by atoms with Crippen LogP contribution in [0.3, 0.4) is 0 Å². The van der Waals surface area contributed by atoms with E-state index in [0.29, 0.717) is 38.6 Å². The van der Waals surface area contributed by atoms with Crippen LogP contribution in [0.5, 0.6) is 0 Å². The number of carbonyl (C=O) groups excluding carboxylic acids is 1. The molecule has 1 aliphatic rings. The van der Waals surface area contributed by atoms with Crippen LogP contribution in [-0.2, 0) is 13.9 Å². The Labute approximate surface area is 223 Å². The molecule has 1 unspecified atom stereocenters. The molecule has 192 valence electrons. The largest absolute Gasteiger partial charge is 0.477 e. The molecule has 1 amide bonds. The van der Waals surface area contributed by atoms with E-state index in [1.165, 1.54) is 4.67 Å². The molecule has 0 saturated heterocycles. The van der Waals surface area contributed by atoms with Crippen molar-refractivity contribution < 1.29 is 23.8 Å². The molecule has 2 N–H and O–H groups in total. The summed E-state index contributed by atoms with van der Waals surface area (Å²) in [7, 11) is -2.10. The van der Waals surface area contributed by atoms with Gasteiger partial charge in [0.15, 0.2) is 0 Å². The third-order valence-electron chi connectivity index (χ3n) is 5.72. The van der Waals surface area contributed by atoms with Gasteiger partial charge in [-0.15, -0.1) is 11.3 Å². The lowest BCUT2D eigenvalue weighted by Gasteiger charge is -2.30. The number of anilines is 2. The minimum atomic E-state index is -3.67. The predicted octanol–water partition coefficient (Wildman–Crippen LogP) is 6.36. The van der Waals surface area contributed by atoms with Crippen molar-refractivity contribution in [1.82, 2.24) is 0 Å². The number of carbonyl (C=O) groups is 2. The highest BCUT2D eigenvalue weighted by Crippen LogP contribution is 2.54. The summed E-state index contributed by atoms with van der Waals surface area (Å²) in [6.07, 6.45) is 4.05. The van der Waals surface area contributed by atoms with E-state index >= 15 is 0 Å². The van der Waals surface area contributed by atoms with Crippen molar-refractivity contribution in [2.24, 2.45) is 4.99 Å². The average molecular weight is 558 g/mol. The second-order valence-electron chi connectivity index (χ2n) is 8.19.